The Hall–Kier alpha value is -1.12. The monoisotopic (exact) mass is 232 g/mol. The van der Waals surface area contributed by atoms with Crippen molar-refractivity contribution < 1.29 is 0 Å². The van der Waals surface area contributed by atoms with Gasteiger partial charge >= 0.3 is 0 Å². The highest BCUT2D eigenvalue weighted by molar-refractivity contribution is 5.23. The predicted octanol–water partition coefficient (Wildman–Crippen LogP) is 2.80. The van der Waals surface area contributed by atoms with E-state index in [4.69, 9.17) is 0 Å². The Labute approximate surface area is 105 Å². The van der Waals surface area contributed by atoms with Gasteiger partial charge in [0.05, 0.1) is 0 Å². The van der Waals surface area contributed by atoms with Crippen LogP contribution in [-0.4, -0.2) is 24.5 Å². The minimum absolute atomic E-state index is 0.543. The molecule has 1 aromatic carbocycles. The first kappa shape index (κ1) is 13.9. The summed E-state index contributed by atoms with van der Waals surface area (Å²) in [7, 11) is 1.98. The molecule has 0 heterocycles. The Morgan fingerprint density at radius 1 is 1.35 bits per heavy atom. The van der Waals surface area contributed by atoms with Crippen LogP contribution in [0.4, 0.5) is 0 Å². The fourth-order valence-electron chi connectivity index (χ4n) is 1.90. The topological polar surface area (TPSA) is 15.3 Å². The van der Waals surface area contributed by atoms with Gasteiger partial charge in [-0.2, -0.15) is 0 Å². The molecule has 94 valence electrons. The van der Waals surface area contributed by atoms with Crippen molar-refractivity contribution in [1.29, 1.82) is 0 Å². The molecule has 0 spiro atoms. The molecule has 0 saturated heterocycles. The lowest BCUT2D eigenvalue weighted by molar-refractivity contribution is 0.237. The first-order valence-electron chi connectivity index (χ1n) is 6.24. The highest BCUT2D eigenvalue weighted by Gasteiger charge is 2.08. The normalized spacial score (nSPS) is 11.1. The minimum Gasteiger partial charge on any atom is -0.316 e. The zero-order chi connectivity index (χ0) is 12.7. The molecule has 0 aromatic heterocycles. The third-order valence-corrected chi connectivity index (χ3v) is 2.85. The third kappa shape index (κ3) is 4.72. The van der Waals surface area contributed by atoms with E-state index in [2.05, 4.69) is 54.9 Å². The van der Waals surface area contributed by atoms with E-state index in [1.807, 2.05) is 13.1 Å². The second-order valence-corrected chi connectivity index (χ2v) is 4.66. The highest BCUT2D eigenvalue weighted by Crippen LogP contribution is 2.10. The van der Waals surface area contributed by atoms with Crippen LogP contribution in [0.1, 0.15) is 25.0 Å². The fourth-order valence-corrected chi connectivity index (χ4v) is 1.90. The standard InChI is InChI=1S/C15H24N2/c1-5-9-17(13(2)3)12-15-8-6-7-14(10-15)11-16-4/h5-8,10,13,16H,1,9,11-12H2,2-4H3. The van der Waals surface area contributed by atoms with E-state index in [1.54, 1.807) is 0 Å². The minimum atomic E-state index is 0.543. The van der Waals surface area contributed by atoms with Crippen molar-refractivity contribution >= 4 is 0 Å². The molecule has 0 saturated carbocycles. The molecule has 0 fully saturated rings. The lowest BCUT2D eigenvalue weighted by atomic mass is 10.1. The van der Waals surface area contributed by atoms with Crippen molar-refractivity contribution in [1.82, 2.24) is 10.2 Å². The van der Waals surface area contributed by atoms with Crippen molar-refractivity contribution in [2.45, 2.75) is 33.0 Å². The van der Waals surface area contributed by atoms with Gasteiger partial charge in [-0.3, -0.25) is 4.90 Å². The first-order chi connectivity index (χ1) is 8.17. The summed E-state index contributed by atoms with van der Waals surface area (Å²) in [5, 5.41) is 3.18. The van der Waals surface area contributed by atoms with Crippen molar-refractivity contribution in [3.8, 4) is 0 Å². The molecule has 0 atom stereocenters. The van der Waals surface area contributed by atoms with Crippen molar-refractivity contribution in [3.63, 3.8) is 0 Å². The summed E-state index contributed by atoms with van der Waals surface area (Å²) in [5.74, 6) is 0. The second-order valence-electron chi connectivity index (χ2n) is 4.66. The maximum Gasteiger partial charge on any atom is 0.0239 e. The predicted molar refractivity (Wildman–Crippen MR) is 74.9 cm³/mol. The van der Waals surface area contributed by atoms with Gasteiger partial charge < -0.3 is 5.32 Å². The van der Waals surface area contributed by atoms with E-state index in [1.165, 1.54) is 11.1 Å². The third-order valence-electron chi connectivity index (χ3n) is 2.85. The number of hydrogen-bond acceptors (Lipinski definition) is 2. The van der Waals surface area contributed by atoms with Crippen LogP contribution >= 0.6 is 0 Å². The summed E-state index contributed by atoms with van der Waals surface area (Å²) < 4.78 is 0. The summed E-state index contributed by atoms with van der Waals surface area (Å²) in [6, 6.07) is 9.30. The van der Waals surface area contributed by atoms with Crippen LogP contribution in [0.2, 0.25) is 0 Å². The second kappa shape index (κ2) is 7.25. The molecule has 0 amide bonds. The van der Waals surface area contributed by atoms with Gasteiger partial charge in [0, 0.05) is 25.7 Å². The molecule has 1 N–H and O–H groups in total. The summed E-state index contributed by atoms with van der Waals surface area (Å²) >= 11 is 0. The van der Waals surface area contributed by atoms with Gasteiger partial charge in [-0.15, -0.1) is 6.58 Å². The average Bonchev–Trinajstić information content (AvgIpc) is 2.29. The van der Waals surface area contributed by atoms with Crippen molar-refractivity contribution in [2.75, 3.05) is 13.6 Å². The van der Waals surface area contributed by atoms with Crippen molar-refractivity contribution in [2.24, 2.45) is 0 Å². The highest BCUT2D eigenvalue weighted by atomic mass is 15.1. The fraction of sp³-hybridized carbons (Fsp3) is 0.467. The molecule has 0 aliphatic heterocycles. The first-order valence-corrected chi connectivity index (χ1v) is 6.24. The van der Waals surface area contributed by atoms with Gasteiger partial charge in [-0.05, 0) is 32.0 Å². The molecule has 1 aromatic rings. The lowest BCUT2D eigenvalue weighted by Crippen LogP contribution is -2.30. The molecule has 0 unspecified atom stereocenters. The number of nitrogens with zero attached hydrogens (tertiary/aromatic N) is 1. The summed E-state index contributed by atoms with van der Waals surface area (Å²) in [5.41, 5.74) is 2.71. The summed E-state index contributed by atoms with van der Waals surface area (Å²) in [4.78, 5) is 2.41. The average molecular weight is 232 g/mol. The molecule has 0 aliphatic carbocycles. The Balaban J connectivity index is 2.71. The molecule has 0 aliphatic rings. The Morgan fingerprint density at radius 2 is 2.06 bits per heavy atom. The molecule has 17 heavy (non-hydrogen) atoms. The van der Waals surface area contributed by atoms with E-state index in [-0.39, 0.29) is 0 Å². The smallest absolute Gasteiger partial charge is 0.0239 e. The summed E-state index contributed by atoms with van der Waals surface area (Å²) in [6.07, 6.45) is 1.97. The van der Waals surface area contributed by atoms with Gasteiger partial charge in [0.1, 0.15) is 0 Å². The van der Waals surface area contributed by atoms with Gasteiger partial charge in [0.25, 0.3) is 0 Å². The number of hydrogen-bond donors (Lipinski definition) is 1. The largest absolute Gasteiger partial charge is 0.316 e. The van der Waals surface area contributed by atoms with Crippen LogP contribution in [0.15, 0.2) is 36.9 Å². The van der Waals surface area contributed by atoms with E-state index >= 15 is 0 Å². The van der Waals surface area contributed by atoms with Crippen LogP contribution in [0.25, 0.3) is 0 Å². The maximum atomic E-state index is 3.82. The van der Waals surface area contributed by atoms with E-state index in [0.717, 1.165) is 19.6 Å². The molecular formula is C15H24N2. The molecule has 1 rings (SSSR count). The van der Waals surface area contributed by atoms with Crippen LogP contribution in [0.3, 0.4) is 0 Å². The zero-order valence-electron chi connectivity index (χ0n) is 11.2. The Kier molecular flexibility index (Phi) is 5.95. The Bertz CT molecular complexity index is 345. The molecule has 0 bridgehead atoms. The van der Waals surface area contributed by atoms with Gasteiger partial charge in [0.2, 0.25) is 0 Å². The van der Waals surface area contributed by atoms with E-state index in [0.29, 0.717) is 6.04 Å². The lowest BCUT2D eigenvalue weighted by Gasteiger charge is -2.25. The van der Waals surface area contributed by atoms with Crippen LogP contribution in [0.5, 0.6) is 0 Å². The zero-order valence-corrected chi connectivity index (χ0v) is 11.2. The van der Waals surface area contributed by atoms with Crippen molar-refractivity contribution in [3.05, 3.63) is 48.0 Å². The maximum absolute atomic E-state index is 3.82. The number of nitrogens with one attached hydrogen (secondary N) is 1. The Morgan fingerprint density at radius 3 is 2.65 bits per heavy atom. The van der Waals surface area contributed by atoms with Gasteiger partial charge in [-0.25, -0.2) is 0 Å². The van der Waals surface area contributed by atoms with Gasteiger partial charge in [-0.1, -0.05) is 30.3 Å². The van der Waals surface area contributed by atoms with Crippen LogP contribution < -0.4 is 5.32 Å². The molecule has 2 nitrogen and oxygen atoms in total. The summed E-state index contributed by atoms with van der Waals surface area (Å²) in [6.45, 7) is 11.1. The molecule has 0 radical (unpaired) electrons. The van der Waals surface area contributed by atoms with E-state index < -0.39 is 0 Å². The van der Waals surface area contributed by atoms with Crippen LogP contribution in [0, 0.1) is 0 Å². The quantitative estimate of drug-likeness (QED) is 0.727. The molecular weight excluding hydrogens is 208 g/mol. The van der Waals surface area contributed by atoms with Crippen LogP contribution in [-0.2, 0) is 13.1 Å². The SMILES string of the molecule is C=CCN(Cc1cccc(CNC)c1)C(C)C. The van der Waals surface area contributed by atoms with Gasteiger partial charge in [0.15, 0.2) is 0 Å². The molecule has 2 heteroatoms. The number of rotatable bonds is 7. The number of benzene rings is 1. The van der Waals surface area contributed by atoms with E-state index in [9.17, 15) is 0 Å².